The first-order valence-electron chi connectivity index (χ1n) is 8.27. The van der Waals surface area contributed by atoms with Crippen LogP contribution in [0.1, 0.15) is 54.2 Å². The normalized spacial score (nSPS) is 15.1. The minimum atomic E-state index is -0.214. The van der Waals surface area contributed by atoms with Crippen LogP contribution in [-0.4, -0.2) is 33.8 Å². The van der Waals surface area contributed by atoms with Gasteiger partial charge in [0.25, 0.3) is 5.91 Å². The molecule has 1 atom stereocenters. The van der Waals surface area contributed by atoms with E-state index in [1.165, 1.54) is 0 Å². The molecular weight excluding hydrogens is 308 g/mol. The number of anilines is 1. The molecule has 2 aromatic rings. The molecule has 128 valence electrons. The lowest BCUT2D eigenvalue weighted by atomic mass is 10.1. The zero-order valence-electron chi connectivity index (χ0n) is 13.7. The molecule has 1 heterocycles. The summed E-state index contributed by atoms with van der Waals surface area (Å²) in [5.74, 6) is 1.65. The molecule has 1 fully saturated rings. The highest BCUT2D eigenvalue weighted by atomic mass is 16.5. The topological polar surface area (TPSA) is 100 Å². The fourth-order valence-corrected chi connectivity index (χ4v) is 2.31. The fourth-order valence-electron chi connectivity index (χ4n) is 2.31. The molecule has 0 radical (unpaired) electrons. The van der Waals surface area contributed by atoms with Gasteiger partial charge in [0.05, 0.1) is 19.2 Å². The number of aromatic nitrogens is 2. The number of nitrogens with one attached hydrogen (secondary N) is 2. The number of aliphatic hydroxyl groups is 1. The van der Waals surface area contributed by atoms with E-state index in [1.807, 2.05) is 19.1 Å². The van der Waals surface area contributed by atoms with Crippen LogP contribution in [0.5, 0.6) is 0 Å². The lowest BCUT2D eigenvalue weighted by Gasteiger charge is -2.14. The molecule has 1 amide bonds. The van der Waals surface area contributed by atoms with Crippen LogP contribution in [0.2, 0.25) is 0 Å². The maximum Gasteiger partial charge on any atom is 0.251 e. The third kappa shape index (κ3) is 4.11. The van der Waals surface area contributed by atoms with Crippen molar-refractivity contribution in [2.45, 2.75) is 44.7 Å². The number of aliphatic hydroxyl groups excluding tert-OH is 1. The first kappa shape index (κ1) is 16.4. The van der Waals surface area contributed by atoms with E-state index in [-0.39, 0.29) is 18.6 Å². The van der Waals surface area contributed by atoms with Crippen LogP contribution < -0.4 is 10.6 Å². The fraction of sp³-hybridized carbons (Fsp3) is 0.471. The van der Waals surface area contributed by atoms with Gasteiger partial charge >= 0.3 is 0 Å². The minimum absolute atomic E-state index is 0.0606. The second kappa shape index (κ2) is 7.44. The maximum absolute atomic E-state index is 12.1. The van der Waals surface area contributed by atoms with Crippen molar-refractivity contribution in [3.63, 3.8) is 0 Å². The number of carbonyl (C=O) groups excluding carboxylic acids is 1. The highest BCUT2D eigenvalue weighted by Crippen LogP contribution is 2.38. The third-order valence-electron chi connectivity index (χ3n) is 4.07. The zero-order chi connectivity index (χ0) is 16.9. The van der Waals surface area contributed by atoms with Crippen LogP contribution in [0.25, 0.3) is 0 Å². The summed E-state index contributed by atoms with van der Waals surface area (Å²) in [6, 6.07) is 6.92. The van der Waals surface area contributed by atoms with E-state index in [2.05, 4.69) is 20.8 Å². The second-order valence-corrected chi connectivity index (χ2v) is 6.01. The van der Waals surface area contributed by atoms with E-state index >= 15 is 0 Å². The van der Waals surface area contributed by atoms with E-state index in [0.29, 0.717) is 30.3 Å². The van der Waals surface area contributed by atoms with Gasteiger partial charge < -0.3 is 20.3 Å². The van der Waals surface area contributed by atoms with Gasteiger partial charge in [-0.15, -0.1) is 0 Å². The molecule has 3 rings (SSSR count). The molecule has 1 unspecified atom stereocenters. The number of benzene rings is 1. The Labute approximate surface area is 140 Å². The zero-order valence-corrected chi connectivity index (χ0v) is 13.7. The summed E-state index contributed by atoms with van der Waals surface area (Å²) in [4.78, 5) is 16.4. The van der Waals surface area contributed by atoms with Gasteiger partial charge in [-0.3, -0.25) is 4.79 Å². The van der Waals surface area contributed by atoms with E-state index in [1.54, 1.807) is 12.1 Å². The van der Waals surface area contributed by atoms with Crippen molar-refractivity contribution in [2.75, 3.05) is 11.9 Å². The van der Waals surface area contributed by atoms with E-state index in [9.17, 15) is 4.79 Å². The predicted molar refractivity (Wildman–Crippen MR) is 88.7 cm³/mol. The molecule has 1 aromatic heterocycles. The minimum Gasteiger partial charge on any atom is -0.394 e. The van der Waals surface area contributed by atoms with Gasteiger partial charge in [0.2, 0.25) is 5.89 Å². The molecule has 1 aliphatic carbocycles. The Morgan fingerprint density at radius 3 is 2.75 bits per heavy atom. The summed E-state index contributed by atoms with van der Waals surface area (Å²) in [6.45, 7) is 2.31. The van der Waals surface area contributed by atoms with Crippen molar-refractivity contribution in [3.05, 3.63) is 41.5 Å². The summed E-state index contributed by atoms with van der Waals surface area (Å²) in [5, 5.41) is 19.1. The number of hydrogen-bond donors (Lipinski definition) is 3. The second-order valence-electron chi connectivity index (χ2n) is 6.01. The highest BCUT2D eigenvalue weighted by molar-refractivity contribution is 5.94. The van der Waals surface area contributed by atoms with E-state index < -0.39 is 0 Å². The van der Waals surface area contributed by atoms with Crippen molar-refractivity contribution in [1.82, 2.24) is 15.5 Å². The monoisotopic (exact) mass is 330 g/mol. The summed E-state index contributed by atoms with van der Waals surface area (Å²) >= 11 is 0. The van der Waals surface area contributed by atoms with Crippen molar-refractivity contribution in [2.24, 2.45) is 0 Å². The Kier molecular flexibility index (Phi) is 5.10. The average molecular weight is 330 g/mol. The molecule has 0 spiro atoms. The molecule has 1 aliphatic rings. The number of rotatable bonds is 8. The molecule has 1 saturated carbocycles. The molecule has 24 heavy (non-hydrogen) atoms. The molecule has 3 N–H and O–H groups in total. The molecule has 0 saturated heterocycles. The standard InChI is InChI=1S/C17H22N4O3/c1-2-13(10-22)19-17(23)12-5-7-14(8-6-12)18-9-15-20-16(21-24-15)11-3-4-11/h5-8,11,13,18,22H,2-4,9-10H2,1H3,(H,19,23). The van der Waals surface area contributed by atoms with Gasteiger partial charge in [-0.2, -0.15) is 4.98 Å². The van der Waals surface area contributed by atoms with Crippen molar-refractivity contribution < 1.29 is 14.4 Å². The van der Waals surface area contributed by atoms with Gasteiger partial charge in [0, 0.05) is 17.2 Å². The van der Waals surface area contributed by atoms with Crippen LogP contribution >= 0.6 is 0 Å². The van der Waals surface area contributed by atoms with Crippen molar-refractivity contribution in [1.29, 1.82) is 0 Å². The average Bonchev–Trinajstić information content (AvgIpc) is 3.36. The van der Waals surface area contributed by atoms with E-state index in [0.717, 1.165) is 24.4 Å². The lowest BCUT2D eigenvalue weighted by molar-refractivity contribution is 0.0915. The SMILES string of the molecule is CCC(CO)NC(=O)c1ccc(NCc2nc(C3CC3)no2)cc1. The van der Waals surface area contributed by atoms with Crippen LogP contribution in [0.15, 0.2) is 28.8 Å². The smallest absolute Gasteiger partial charge is 0.251 e. The molecular formula is C17H22N4O3. The Balaban J connectivity index is 1.52. The summed E-state index contributed by atoms with van der Waals surface area (Å²) in [5.41, 5.74) is 1.42. The van der Waals surface area contributed by atoms with E-state index in [4.69, 9.17) is 9.63 Å². The van der Waals surface area contributed by atoms with Crippen LogP contribution in [0.3, 0.4) is 0 Å². The Morgan fingerprint density at radius 1 is 1.38 bits per heavy atom. The molecule has 0 aliphatic heterocycles. The van der Waals surface area contributed by atoms with Gasteiger partial charge in [0.15, 0.2) is 5.82 Å². The van der Waals surface area contributed by atoms with Crippen LogP contribution in [0.4, 0.5) is 5.69 Å². The quantitative estimate of drug-likeness (QED) is 0.685. The highest BCUT2D eigenvalue weighted by Gasteiger charge is 2.28. The number of carbonyl (C=O) groups is 1. The first-order valence-corrected chi connectivity index (χ1v) is 8.27. The molecule has 0 bridgehead atoms. The van der Waals surface area contributed by atoms with Gasteiger partial charge in [-0.1, -0.05) is 12.1 Å². The first-order chi connectivity index (χ1) is 11.7. The van der Waals surface area contributed by atoms with Crippen molar-refractivity contribution in [3.8, 4) is 0 Å². The Morgan fingerprint density at radius 2 is 2.12 bits per heavy atom. The number of amides is 1. The molecule has 1 aromatic carbocycles. The van der Waals surface area contributed by atoms with Gasteiger partial charge in [0.1, 0.15) is 0 Å². The largest absolute Gasteiger partial charge is 0.394 e. The van der Waals surface area contributed by atoms with Crippen molar-refractivity contribution >= 4 is 11.6 Å². The Bertz CT molecular complexity index is 675. The summed E-state index contributed by atoms with van der Waals surface area (Å²) in [6.07, 6.45) is 2.98. The Hall–Kier alpha value is -2.41. The summed E-state index contributed by atoms with van der Waals surface area (Å²) < 4.78 is 5.21. The van der Waals surface area contributed by atoms with Crippen LogP contribution in [-0.2, 0) is 6.54 Å². The number of hydrogen-bond acceptors (Lipinski definition) is 6. The third-order valence-corrected chi connectivity index (χ3v) is 4.07. The molecule has 7 nitrogen and oxygen atoms in total. The maximum atomic E-state index is 12.1. The lowest BCUT2D eigenvalue weighted by Crippen LogP contribution is -2.36. The van der Waals surface area contributed by atoms with Gasteiger partial charge in [-0.05, 0) is 43.5 Å². The van der Waals surface area contributed by atoms with Gasteiger partial charge in [-0.25, -0.2) is 0 Å². The predicted octanol–water partition coefficient (Wildman–Crippen LogP) is 2.06. The summed E-state index contributed by atoms with van der Waals surface area (Å²) in [7, 11) is 0. The number of nitrogens with zero attached hydrogens (tertiary/aromatic N) is 2. The van der Waals surface area contributed by atoms with Crippen LogP contribution in [0, 0.1) is 0 Å². The molecule has 7 heteroatoms.